The topological polar surface area (TPSA) is 20.3 Å². The molecule has 0 saturated heterocycles. The van der Waals surface area contributed by atoms with E-state index in [0.29, 0.717) is 5.56 Å². The molecule has 0 aliphatic heterocycles. The van der Waals surface area contributed by atoms with E-state index in [2.05, 4.69) is 0 Å². The Hall–Kier alpha value is -3.01. The second-order valence-corrected chi connectivity index (χ2v) is 5.92. The van der Waals surface area contributed by atoms with Crippen molar-refractivity contribution < 1.29 is 13.6 Å². The fourth-order valence-corrected chi connectivity index (χ4v) is 2.83. The first-order valence-electron chi connectivity index (χ1n) is 7.84. The summed E-state index contributed by atoms with van der Waals surface area (Å²) in [6, 6.07) is 18.6. The molecule has 2 nitrogen and oxygen atoms in total. The summed E-state index contributed by atoms with van der Waals surface area (Å²) in [5.41, 5.74) is 2.34. The molecule has 0 bridgehead atoms. The van der Waals surface area contributed by atoms with Gasteiger partial charge in [0.05, 0.1) is 5.56 Å². The Labute approximate surface area is 145 Å². The van der Waals surface area contributed by atoms with Gasteiger partial charge in [-0.15, -0.1) is 0 Å². The van der Waals surface area contributed by atoms with Crippen LogP contribution in [0.15, 0.2) is 66.7 Å². The third kappa shape index (κ3) is 3.29. The van der Waals surface area contributed by atoms with E-state index in [4.69, 9.17) is 0 Å². The molecule has 0 N–H and O–H groups in total. The molecule has 0 radical (unpaired) electrons. The van der Waals surface area contributed by atoms with E-state index in [1.54, 1.807) is 26.2 Å². The van der Waals surface area contributed by atoms with Crippen LogP contribution >= 0.6 is 0 Å². The van der Waals surface area contributed by atoms with E-state index >= 15 is 0 Å². The molecule has 0 aliphatic rings. The summed E-state index contributed by atoms with van der Waals surface area (Å²) in [4.78, 5) is 13.8. The Morgan fingerprint density at radius 1 is 0.840 bits per heavy atom. The van der Waals surface area contributed by atoms with Crippen molar-refractivity contribution >= 4 is 5.91 Å². The highest BCUT2D eigenvalue weighted by Crippen LogP contribution is 2.36. The molecule has 3 rings (SSSR count). The van der Waals surface area contributed by atoms with Crippen molar-refractivity contribution in [2.24, 2.45) is 0 Å². The molecule has 0 unspecified atom stereocenters. The minimum atomic E-state index is -0.774. The number of rotatable bonds is 3. The van der Waals surface area contributed by atoms with E-state index in [-0.39, 0.29) is 11.1 Å². The van der Waals surface area contributed by atoms with Crippen LogP contribution in [0.2, 0.25) is 0 Å². The maximum absolute atomic E-state index is 14.7. The van der Waals surface area contributed by atoms with Crippen LogP contribution in [0.4, 0.5) is 8.78 Å². The van der Waals surface area contributed by atoms with Gasteiger partial charge in [-0.05, 0) is 22.8 Å². The molecule has 0 saturated carbocycles. The first kappa shape index (κ1) is 16.8. The minimum Gasteiger partial charge on any atom is -0.345 e. The van der Waals surface area contributed by atoms with Gasteiger partial charge in [0.2, 0.25) is 0 Å². The quantitative estimate of drug-likeness (QED) is 0.658. The van der Waals surface area contributed by atoms with E-state index in [1.807, 2.05) is 42.5 Å². The van der Waals surface area contributed by atoms with Gasteiger partial charge in [-0.2, -0.15) is 0 Å². The fraction of sp³-hybridized carbons (Fsp3) is 0.0952. The van der Waals surface area contributed by atoms with Crippen LogP contribution in [0.5, 0.6) is 0 Å². The lowest BCUT2D eigenvalue weighted by molar-refractivity contribution is 0.0827. The van der Waals surface area contributed by atoms with Crippen LogP contribution in [-0.2, 0) is 0 Å². The Kier molecular flexibility index (Phi) is 4.61. The second-order valence-electron chi connectivity index (χ2n) is 5.92. The summed E-state index contributed by atoms with van der Waals surface area (Å²) in [6.07, 6.45) is 0. The van der Waals surface area contributed by atoms with Gasteiger partial charge in [0, 0.05) is 25.7 Å². The Balaban J connectivity index is 2.30. The van der Waals surface area contributed by atoms with Crippen molar-refractivity contribution in [3.63, 3.8) is 0 Å². The number of carbonyl (C=O) groups is 1. The van der Waals surface area contributed by atoms with Crippen LogP contribution in [0.3, 0.4) is 0 Å². The van der Waals surface area contributed by atoms with Gasteiger partial charge in [-0.1, -0.05) is 54.6 Å². The molecule has 0 heterocycles. The van der Waals surface area contributed by atoms with Crippen LogP contribution in [0.25, 0.3) is 22.3 Å². The molecule has 3 aromatic carbocycles. The predicted molar refractivity (Wildman–Crippen MR) is 95.2 cm³/mol. The van der Waals surface area contributed by atoms with Gasteiger partial charge in [0.25, 0.3) is 5.91 Å². The molecule has 126 valence electrons. The number of nitrogens with zero attached hydrogens (tertiary/aromatic N) is 1. The van der Waals surface area contributed by atoms with E-state index < -0.39 is 17.5 Å². The SMILES string of the molecule is CN(C)C(=O)c1cc(F)cc(F)c1-c1ccccc1-c1ccccc1. The maximum Gasteiger partial charge on any atom is 0.254 e. The molecule has 0 aromatic heterocycles. The second kappa shape index (κ2) is 6.85. The number of hydrogen-bond acceptors (Lipinski definition) is 1. The van der Waals surface area contributed by atoms with E-state index in [0.717, 1.165) is 23.3 Å². The molecule has 0 fully saturated rings. The van der Waals surface area contributed by atoms with Gasteiger partial charge in [0.1, 0.15) is 11.6 Å². The summed E-state index contributed by atoms with van der Waals surface area (Å²) in [6.45, 7) is 0. The third-order valence-electron chi connectivity index (χ3n) is 3.97. The molecule has 3 aromatic rings. The Morgan fingerprint density at radius 2 is 1.44 bits per heavy atom. The summed E-state index contributed by atoms with van der Waals surface area (Å²) < 4.78 is 28.5. The standard InChI is InChI=1S/C21H17F2NO/c1-24(2)21(25)18-12-15(22)13-19(23)20(18)17-11-7-6-10-16(17)14-8-4-3-5-9-14/h3-13H,1-2H3. The molecular weight excluding hydrogens is 320 g/mol. The van der Waals surface area contributed by atoms with Gasteiger partial charge in [-0.3, -0.25) is 4.79 Å². The molecule has 4 heteroatoms. The Bertz CT molecular complexity index is 920. The van der Waals surface area contributed by atoms with Crippen molar-refractivity contribution in [3.05, 3.63) is 83.9 Å². The van der Waals surface area contributed by atoms with E-state index in [9.17, 15) is 13.6 Å². The highest BCUT2D eigenvalue weighted by atomic mass is 19.1. The molecule has 1 amide bonds. The van der Waals surface area contributed by atoms with Crippen molar-refractivity contribution in [1.29, 1.82) is 0 Å². The predicted octanol–water partition coefficient (Wildman–Crippen LogP) is 5.00. The molecule has 25 heavy (non-hydrogen) atoms. The van der Waals surface area contributed by atoms with Crippen LogP contribution < -0.4 is 0 Å². The van der Waals surface area contributed by atoms with Gasteiger partial charge < -0.3 is 4.90 Å². The molecule has 0 spiro atoms. The molecule has 0 atom stereocenters. The lowest BCUT2D eigenvalue weighted by atomic mass is 9.91. The number of halogens is 2. The molecule has 0 aliphatic carbocycles. The summed E-state index contributed by atoms with van der Waals surface area (Å²) in [5, 5.41) is 0. The normalized spacial score (nSPS) is 10.6. The zero-order chi connectivity index (χ0) is 18.0. The minimum absolute atomic E-state index is 0.00545. The zero-order valence-electron chi connectivity index (χ0n) is 14.0. The number of carbonyl (C=O) groups excluding carboxylic acids is 1. The average molecular weight is 337 g/mol. The number of benzene rings is 3. The summed E-state index contributed by atoms with van der Waals surface area (Å²) in [7, 11) is 3.11. The van der Waals surface area contributed by atoms with Crippen LogP contribution in [0.1, 0.15) is 10.4 Å². The van der Waals surface area contributed by atoms with Gasteiger partial charge >= 0.3 is 0 Å². The zero-order valence-corrected chi connectivity index (χ0v) is 14.0. The van der Waals surface area contributed by atoms with Crippen molar-refractivity contribution in [1.82, 2.24) is 4.90 Å². The lowest BCUT2D eigenvalue weighted by Gasteiger charge is -2.17. The smallest absolute Gasteiger partial charge is 0.254 e. The average Bonchev–Trinajstić information content (AvgIpc) is 2.61. The van der Waals surface area contributed by atoms with Crippen LogP contribution in [0, 0.1) is 11.6 Å². The third-order valence-corrected chi connectivity index (χ3v) is 3.97. The van der Waals surface area contributed by atoms with Gasteiger partial charge in [0.15, 0.2) is 0 Å². The van der Waals surface area contributed by atoms with Crippen molar-refractivity contribution in [2.75, 3.05) is 14.1 Å². The highest BCUT2D eigenvalue weighted by Gasteiger charge is 2.22. The largest absolute Gasteiger partial charge is 0.345 e. The van der Waals surface area contributed by atoms with E-state index in [1.165, 1.54) is 4.90 Å². The fourth-order valence-electron chi connectivity index (χ4n) is 2.83. The Morgan fingerprint density at radius 3 is 2.08 bits per heavy atom. The summed E-state index contributed by atoms with van der Waals surface area (Å²) >= 11 is 0. The monoisotopic (exact) mass is 337 g/mol. The van der Waals surface area contributed by atoms with Crippen molar-refractivity contribution in [2.45, 2.75) is 0 Å². The van der Waals surface area contributed by atoms with Gasteiger partial charge in [-0.25, -0.2) is 8.78 Å². The lowest BCUT2D eigenvalue weighted by Crippen LogP contribution is -2.23. The van der Waals surface area contributed by atoms with Crippen LogP contribution in [-0.4, -0.2) is 24.9 Å². The highest BCUT2D eigenvalue weighted by molar-refractivity contribution is 6.02. The van der Waals surface area contributed by atoms with Crippen molar-refractivity contribution in [3.8, 4) is 22.3 Å². The first-order valence-corrected chi connectivity index (χ1v) is 7.84. The molecular formula is C21H17F2NO. The first-order chi connectivity index (χ1) is 12.0. The number of hydrogen-bond donors (Lipinski definition) is 0. The number of amides is 1. The maximum atomic E-state index is 14.7. The summed E-state index contributed by atoms with van der Waals surface area (Å²) in [5.74, 6) is -1.98.